The zero-order valence-corrected chi connectivity index (χ0v) is 19.2. The van der Waals surface area contributed by atoms with Gasteiger partial charge >= 0.3 is 12.0 Å². The van der Waals surface area contributed by atoms with Crippen LogP contribution in [0.25, 0.3) is 0 Å². The van der Waals surface area contributed by atoms with Crippen molar-refractivity contribution in [1.82, 2.24) is 15.5 Å². The topological polar surface area (TPSA) is 98.7 Å². The van der Waals surface area contributed by atoms with E-state index in [1.54, 1.807) is 29.2 Å². The van der Waals surface area contributed by atoms with Crippen molar-refractivity contribution in [3.05, 3.63) is 34.9 Å². The predicted octanol–water partition coefficient (Wildman–Crippen LogP) is 3.48. The third kappa shape index (κ3) is 6.11. The van der Waals surface area contributed by atoms with E-state index in [9.17, 15) is 19.5 Å². The number of benzene rings is 1. The summed E-state index contributed by atoms with van der Waals surface area (Å²) in [6.45, 7) is 11.5. The van der Waals surface area contributed by atoms with Crippen LogP contribution in [0.5, 0.6) is 0 Å². The largest absolute Gasteiger partial charge is 0.481 e. The number of rotatable bonds is 4. The molecule has 1 aromatic rings. The second kappa shape index (κ2) is 8.84. The Morgan fingerprint density at radius 3 is 2.10 bits per heavy atom. The first-order chi connectivity index (χ1) is 13.7. The summed E-state index contributed by atoms with van der Waals surface area (Å²) < 4.78 is 0. The number of carboxylic acid groups (broad SMARTS) is 1. The Labute approximate surface area is 183 Å². The maximum Gasteiger partial charge on any atom is 0.315 e. The summed E-state index contributed by atoms with van der Waals surface area (Å²) in [6, 6.07) is 5.81. The first kappa shape index (κ1) is 24.0. The second-order valence-corrected chi connectivity index (χ2v) is 10.4. The molecule has 0 bridgehead atoms. The lowest BCUT2D eigenvalue weighted by Crippen LogP contribution is -2.58. The molecule has 1 heterocycles. The molecule has 30 heavy (non-hydrogen) atoms. The van der Waals surface area contributed by atoms with E-state index in [4.69, 9.17) is 11.6 Å². The van der Waals surface area contributed by atoms with Crippen LogP contribution >= 0.6 is 11.6 Å². The van der Waals surface area contributed by atoms with E-state index in [0.717, 1.165) is 5.56 Å². The number of amides is 3. The van der Waals surface area contributed by atoms with Gasteiger partial charge in [-0.25, -0.2) is 4.79 Å². The van der Waals surface area contributed by atoms with Crippen LogP contribution in [0.15, 0.2) is 24.3 Å². The van der Waals surface area contributed by atoms with Gasteiger partial charge in [0.1, 0.15) is 6.04 Å². The molecule has 1 unspecified atom stereocenters. The Morgan fingerprint density at radius 2 is 1.63 bits per heavy atom. The lowest BCUT2D eigenvalue weighted by atomic mass is 9.85. The fraction of sp³-hybridized carbons (Fsp3) is 0.591. The van der Waals surface area contributed by atoms with E-state index in [1.807, 2.05) is 41.5 Å². The normalized spacial score (nSPS) is 20.6. The van der Waals surface area contributed by atoms with Crippen LogP contribution < -0.4 is 10.6 Å². The van der Waals surface area contributed by atoms with Crippen molar-refractivity contribution in [2.24, 2.45) is 11.3 Å². The quantitative estimate of drug-likeness (QED) is 0.671. The molecule has 1 aromatic carbocycles. The summed E-state index contributed by atoms with van der Waals surface area (Å²) in [5.74, 6) is -2.29. The van der Waals surface area contributed by atoms with Gasteiger partial charge in [-0.1, -0.05) is 44.5 Å². The highest BCUT2D eigenvalue weighted by Gasteiger charge is 2.44. The minimum Gasteiger partial charge on any atom is -0.481 e. The van der Waals surface area contributed by atoms with Gasteiger partial charge in [-0.15, -0.1) is 0 Å². The number of urea groups is 1. The molecule has 166 valence electrons. The lowest BCUT2D eigenvalue weighted by molar-refractivity contribution is -0.142. The van der Waals surface area contributed by atoms with E-state index < -0.39 is 34.9 Å². The summed E-state index contributed by atoms with van der Waals surface area (Å²) in [7, 11) is 0. The molecular formula is C22H32ClN3O4. The molecule has 3 amide bonds. The van der Waals surface area contributed by atoms with Crippen molar-refractivity contribution in [2.75, 3.05) is 13.1 Å². The standard InChI is InChI=1S/C22H32ClN3O4/c1-21(2,3)17(24-20(30)25-22(4,5)6)18(27)26-11-15(16(12-26)19(28)29)13-7-9-14(23)10-8-13/h7-10,15-17H,11-12H2,1-6H3,(H,28,29)(H2,24,25,30)/t15-,16+,17?/m0/s1. The van der Waals surface area contributed by atoms with Crippen LogP contribution in [0.1, 0.15) is 53.0 Å². The number of carbonyl (C=O) groups excluding carboxylic acids is 2. The SMILES string of the molecule is CC(C)(C)NC(=O)NC(C(=O)N1C[C@@H](C(=O)O)[C@H](c2ccc(Cl)cc2)C1)C(C)(C)C. The number of carboxylic acids is 1. The maximum absolute atomic E-state index is 13.4. The molecule has 0 spiro atoms. The molecular weight excluding hydrogens is 406 g/mol. The van der Waals surface area contributed by atoms with Crippen molar-refractivity contribution < 1.29 is 19.5 Å². The molecule has 1 fully saturated rings. The summed E-state index contributed by atoms with van der Waals surface area (Å²) in [5, 5.41) is 15.9. The zero-order valence-electron chi connectivity index (χ0n) is 18.5. The fourth-order valence-electron chi connectivity index (χ4n) is 3.62. The van der Waals surface area contributed by atoms with Crippen molar-refractivity contribution in [2.45, 2.75) is 59.0 Å². The highest BCUT2D eigenvalue weighted by molar-refractivity contribution is 6.30. The van der Waals surface area contributed by atoms with Gasteiger partial charge in [-0.05, 0) is 43.9 Å². The van der Waals surface area contributed by atoms with Crippen molar-refractivity contribution >= 4 is 29.5 Å². The third-order valence-corrected chi connectivity index (χ3v) is 5.38. The van der Waals surface area contributed by atoms with Crippen LogP contribution in [-0.4, -0.2) is 52.6 Å². The van der Waals surface area contributed by atoms with Crippen molar-refractivity contribution in [3.8, 4) is 0 Å². The van der Waals surface area contributed by atoms with Gasteiger partial charge < -0.3 is 20.6 Å². The fourth-order valence-corrected chi connectivity index (χ4v) is 3.75. The second-order valence-electron chi connectivity index (χ2n) is 9.99. The molecule has 1 aliphatic heterocycles. The minimum absolute atomic E-state index is 0.0939. The van der Waals surface area contributed by atoms with Crippen LogP contribution in [0, 0.1) is 11.3 Å². The van der Waals surface area contributed by atoms with E-state index >= 15 is 0 Å². The highest BCUT2D eigenvalue weighted by Crippen LogP contribution is 2.35. The highest BCUT2D eigenvalue weighted by atomic mass is 35.5. The molecule has 2 rings (SSSR count). The molecule has 0 aromatic heterocycles. The summed E-state index contributed by atoms with van der Waals surface area (Å²) in [6.07, 6.45) is 0. The van der Waals surface area contributed by atoms with E-state index in [-0.39, 0.29) is 24.9 Å². The first-order valence-corrected chi connectivity index (χ1v) is 10.4. The average Bonchev–Trinajstić information content (AvgIpc) is 3.03. The van der Waals surface area contributed by atoms with Gasteiger partial charge in [0.05, 0.1) is 5.92 Å². The number of nitrogens with zero attached hydrogens (tertiary/aromatic N) is 1. The number of likely N-dealkylation sites (tertiary alicyclic amines) is 1. The van der Waals surface area contributed by atoms with Crippen LogP contribution in [0.3, 0.4) is 0 Å². The number of hydrogen-bond donors (Lipinski definition) is 3. The van der Waals surface area contributed by atoms with Gasteiger partial charge in [0.2, 0.25) is 5.91 Å². The van der Waals surface area contributed by atoms with E-state index in [1.165, 1.54) is 0 Å². The van der Waals surface area contributed by atoms with Gasteiger partial charge in [-0.3, -0.25) is 9.59 Å². The van der Waals surface area contributed by atoms with Gasteiger partial charge in [0, 0.05) is 29.6 Å². The maximum atomic E-state index is 13.4. The molecule has 8 heteroatoms. The number of aliphatic carboxylic acids is 1. The number of halogens is 1. The molecule has 7 nitrogen and oxygen atoms in total. The summed E-state index contributed by atoms with van der Waals surface area (Å²) in [5.41, 5.74) is -0.173. The monoisotopic (exact) mass is 437 g/mol. The Morgan fingerprint density at radius 1 is 1.07 bits per heavy atom. The Hall–Kier alpha value is -2.28. The molecule has 0 aliphatic carbocycles. The molecule has 1 saturated heterocycles. The van der Waals surface area contributed by atoms with E-state index in [0.29, 0.717) is 5.02 Å². The van der Waals surface area contributed by atoms with Crippen molar-refractivity contribution in [1.29, 1.82) is 0 Å². The van der Waals surface area contributed by atoms with Crippen LogP contribution in [0.4, 0.5) is 4.79 Å². The number of hydrogen-bond acceptors (Lipinski definition) is 3. The Kier molecular flexibility index (Phi) is 7.07. The van der Waals surface area contributed by atoms with Gasteiger partial charge in [-0.2, -0.15) is 0 Å². The predicted molar refractivity (Wildman–Crippen MR) is 117 cm³/mol. The lowest BCUT2D eigenvalue weighted by Gasteiger charge is -2.34. The summed E-state index contributed by atoms with van der Waals surface area (Å²) in [4.78, 5) is 39.2. The summed E-state index contributed by atoms with van der Waals surface area (Å²) >= 11 is 5.96. The Bertz CT molecular complexity index is 796. The first-order valence-electron chi connectivity index (χ1n) is 10.0. The third-order valence-electron chi connectivity index (χ3n) is 5.12. The van der Waals surface area contributed by atoms with Crippen molar-refractivity contribution in [3.63, 3.8) is 0 Å². The molecule has 3 atom stereocenters. The molecule has 0 radical (unpaired) electrons. The minimum atomic E-state index is -0.948. The van der Waals surface area contributed by atoms with Crippen LogP contribution in [0.2, 0.25) is 5.02 Å². The molecule has 3 N–H and O–H groups in total. The van der Waals surface area contributed by atoms with Gasteiger partial charge in [0.15, 0.2) is 0 Å². The van der Waals surface area contributed by atoms with E-state index in [2.05, 4.69) is 10.6 Å². The smallest absolute Gasteiger partial charge is 0.315 e. The Balaban J connectivity index is 2.24. The molecule has 0 saturated carbocycles. The number of carbonyl (C=O) groups is 3. The van der Waals surface area contributed by atoms with Gasteiger partial charge in [0.25, 0.3) is 0 Å². The molecule has 1 aliphatic rings. The average molecular weight is 438 g/mol. The number of nitrogens with one attached hydrogen (secondary N) is 2. The van der Waals surface area contributed by atoms with Crippen LogP contribution in [-0.2, 0) is 9.59 Å². The zero-order chi connectivity index (χ0) is 22.9.